The minimum atomic E-state index is -1.01. The fourth-order valence-corrected chi connectivity index (χ4v) is 3.60. The molecule has 3 aromatic rings. The number of H-pyrrole nitrogens is 1. The van der Waals surface area contributed by atoms with Crippen molar-refractivity contribution in [2.45, 2.75) is 31.5 Å². The van der Waals surface area contributed by atoms with Gasteiger partial charge in [-0.3, -0.25) is 14.6 Å². The number of aromatic amines is 1. The summed E-state index contributed by atoms with van der Waals surface area (Å²) in [7, 11) is 2.95. The number of ether oxygens (including phenoxy) is 3. The normalized spacial score (nSPS) is 13.0. The molecule has 0 amide bonds. The fourth-order valence-electron chi connectivity index (χ4n) is 3.24. The SMILES string of the molecule is COc1cc(OC)c2c(=O)[nH]c(OC(=O)C(C)(Br)Cc3c(C)cccc3C)nc2c1. The number of halogens is 1. The minimum Gasteiger partial charge on any atom is -0.497 e. The Labute approximate surface area is 182 Å². The lowest BCUT2D eigenvalue weighted by Gasteiger charge is -2.22. The van der Waals surface area contributed by atoms with Gasteiger partial charge in [0.05, 0.1) is 19.7 Å². The van der Waals surface area contributed by atoms with Crippen LogP contribution in [0.1, 0.15) is 23.6 Å². The van der Waals surface area contributed by atoms with E-state index in [1.165, 1.54) is 14.2 Å². The van der Waals surface area contributed by atoms with Crippen molar-refractivity contribution in [2.24, 2.45) is 0 Å². The molecule has 1 aromatic heterocycles. The van der Waals surface area contributed by atoms with E-state index in [1.54, 1.807) is 19.1 Å². The number of alkyl halides is 1. The number of methoxy groups -OCH3 is 2. The van der Waals surface area contributed by atoms with Crippen LogP contribution in [0.5, 0.6) is 17.5 Å². The number of nitrogens with zero attached hydrogens (tertiary/aromatic N) is 1. The molecule has 2 aromatic carbocycles. The second kappa shape index (κ2) is 8.47. The summed E-state index contributed by atoms with van der Waals surface area (Å²) < 4.78 is 14.9. The van der Waals surface area contributed by atoms with E-state index in [9.17, 15) is 9.59 Å². The molecule has 30 heavy (non-hydrogen) atoms. The van der Waals surface area contributed by atoms with Crippen LogP contribution in [0, 0.1) is 13.8 Å². The summed E-state index contributed by atoms with van der Waals surface area (Å²) in [6, 6.07) is 8.95. The molecule has 0 saturated heterocycles. The third kappa shape index (κ3) is 4.33. The van der Waals surface area contributed by atoms with Crippen LogP contribution >= 0.6 is 15.9 Å². The Morgan fingerprint density at radius 1 is 1.17 bits per heavy atom. The Morgan fingerprint density at radius 3 is 2.43 bits per heavy atom. The molecule has 0 aliphatic heterocycles. The molecule has 0 aliphatic rings. The molecule has 1 unspecified atom stereocenters. The molecule has 1 N–H and O–H groups in total. The van der Waals surface area contributed by atoms with Gasteiger partial charge in [0.25, 0.3) is 5.56 Å². The number of carbonyl (C=O) groups excluding carboxylic acids is 1. The molecule has 0 spiro atoms. The molecule has 3 rings (SSSR count). The molecule has 0 aliphatic carbocycles. The monoisotopic (exact) mass is 474 g/mol. The maximum absolute atomic E-state index is 12.9. The Kier molecular flexibility index (Phi) is 6.17. The number of hydrogen-bond acceptors (Lipinski definition) is 6. The predicted molar refractivity (Wildman–Crippen MR) is 118 cm³/mol. The van der Waals surface area contributed by atoms with Gasteiger partial charge in [0.2, 0.25) is 0 Å². The van der Waals surface area contributed by atoms with Gasteiger partial charge in [-0.15, -0.1) is 0 Å². The lowest BCUT2D eigenvalue weighted by atomic mass is 9.93. The van der Waals surface area contributed by atoms with Crippen molar-refractivity contribution in [3.05, 3.63) is 57.4 Å². The van der Waals surface area contributed by atoms with Crippen LogP contribution in [0.4, 0.5) is 0 Å². The number of nitrogens with one attached hydrogen (secondary N) is 1. The van der Waals surface area contributed by atoms with E-state index in [0.29, 0.717) is 23.4 Å². The number of esters is 1. The summed E-state index contributed by atoms with van der Waals surface area (Å²) in [5, 5.41) is 0.246. The van der Waals surface area contributed by atoms with Crippen molar-refractivity contribution in [1.82, 2.24) is 9.97 Å². The van der Waals surface area contributed by atoms with Gasteiger partial charge in [0.1, 0.15) is 21.2 Å². The van der Waals surface area contributed by atoms with Crippen molar-refractivity contribution < 1.29 is 19.0 Å². The second-order valence-corrected chi connectivity index (χ2v) is 8.98. The van der Waals surface area contributed by atoms with E-state index < -0.39 is 15.9 Å². The fraction of sp³-hybridized carbons (Fsp3) is 0.318. The third-order valence-electron chi connectivity index (χ3n) is 4.95. The summed E-state index contributed by atoms with van der Waals surface area (Å²) >= 11 is 3.49. The molecule has 0 fully saturated rings. The zero-order chi connectivity index (χ0) is 22.1. The first kappa shape index (κ1) is 21.8. The summed E-state index contributed by atoms with van der Waals surface area (Å²) in [5.74, 6) is 0.217. The van der Waals surface area contributed by atoms with Crippen molar-refractivity contribution in [3.63, 3.8) is 0 Å². The first-order chi connectivity index (χ1) is 14.2. The quantitative estimate of drug-likeness (QED) is 0.430. The van der Waals surface area contributed by atoms with E-state index in [1.807, 2.05) is 32.0 Å². The Balaban J connectivity index is 1.93. The standard InChI is InChI=1S/C22H23BrN2O5/c1-12-7-6-8-13(2)15(12)11-22(3,23)20(27)30-21-24-16-9-14(28-4)10-17(29-5)18(16)19(26)25-21/h6-10H,11H2,1-5H3,(H,24,25,26). The molecule has 8 heteroatoms. The van der Waals surface area contributed by atoms with Crippen LogP contribution in [-0.4, -0.2) is 34.5 Å². The smallest absolute Gasteiger partial charge is 0.330 e. The highest BCUT2D eigenvalue weighted by atomic mass is 79.9. The highest BCUT2D eigenvalue weighted by Crippen LogP contribution is 2.30. The number of hydrogen-bond donors (Lipinski definition) is 1. The van der Waals surface area contributed by atoms with Crippen molar-refractivity contribution in [3.8, 4) is 17.5 Å². The van der Waals surface area contributed by atoms with Gasteiger partial charge >= 0.3 is 12.0 Å². The number of rotatable bonds is 6. The highest BCUT2D eigenvalue weighted by Gasteiger charge is 2.34. The van der Waals surface area contributed by atoms with Crippen LogP contribution in [0.15, 0.2) is 35.1 Å². The third-order valence-corrected chi connectivity index (χ3v) is 5.55. The van der Waals surface area contributed by atoms with Gasteiger partial charge < -0.3 is 14.2 Å². The summed E-state index contributed by atoms with van der Waals surface area (Å²) in [6.45, 7) is 5.73. The van der Waals surface area contributed by atoms with E-state index in [4.69, 9.17) is 14.2 Å². The minimum absolute atomic E-state index is 0.194. The zero-order valence-electron chi connectivity index (χ0n) is 17.5. The van der Waals surface area contributed by atoms with Gasteiger partial charge in [0.15, 0.2) is 0 Å². The number of carbonyl (C=O) groups is 1. The largest absolute Gasteiger partial charge is 0.497 e. The van der Waals surface area contributed by atoms with Crippen molar-refractivity contribution in [1.29, 1.82) is 0 Å². The van der Waals surface area contributed by atoms with Crippen LogP contribution in [0.3, 0.4) is 0 Å². The van der Waals surface area contributed by atoms with Gasteiger partial charge in [-0.2, -0.15) is 4.98 Å². The van der Waals surface area contributed by atoms with Crippen LogP contribution in [0.2, 0.25) is 0 Å². The molecule has 0 bridgehead atoms. The molecular formula is C22H23BrN2O5. The molecular weight excluding hydrogens is 452 g/mol. The van der Waals surface area contributed by atoms with Gasteiger partial charge in [0, 0.05) is 12.1 Å². The average Bonchev–Trinajstić information content (AvgIpc) is 2.69. The summed E-state index contributed by atoms with van der Waals surface area (Å²) in [5.41, 5.74) is 3.05. The van der Waals surface area contributed by atoms with Crippen molar-refractivity contribution >= 4 is 32.8 Å². The Hall–Kier alpha value is -2.87. The highest BCUT2D eigenvalue weighted by molar-refractivity contribution is 9.10. The first-order valence-electron chi connectivity index (χ1n) is 9.28. The molecule has 0 saturated carbocycles. The summed E-state index contributed by atoms with van der Waals surface area (Å²) in [4.78, 5) is 32.2. The van der Waals surface area contributed by atoms with Crippen LogP contribution < -0.4 is 19.8 Å². The van der Waals surface area contributed by atoms with E-state index in [-0.39, 0.29) is 11.4 Å². The zero-order valence-corrected chi connectivity index (χ0v) is 19.0. The maximum Gasteiger partial charge on any atom is 0.330 e. The topological polar surface area (TPSA) is 90.5 Å². The lowest BCUT2D eigenvalue weighted by molar-refractivity contribution is -0.137. The molecule has 7 nitrogen and oxygen atoms in total. The maximum atomic E-state index is 12.9. The molecule has 1 atom stereocenters. The predicted octanol–water partition coefficient (Wildman–Crippen LogP) is 3.86. The van der Waals surface area contributed by atoms with Crippen LogP contribution in [-0.2, 0) is 11.2 Å². The van der Waals surface area contributed by atoms with Gasteiger partial charge in [-0.1, -0.05) is 34.1 Å². The number of fused-ring (bicyclic) bond motifs is 1. The van der Waals surface area contributed by atoms with Gasteiger partial charge in [-0.05, 0) is 43.9 Å². The number of aromatic nitrogens is 2. The lowest BCUT2D eigenvalue weighted by Crippen LogP contribution is -2.36. The molecule has 0 radical (unpaired) electrons. The van der Waals surface area contributed by atoms with E-state index in [0.717, 1.165) is 16.7 Å². The first-order valence-corrected chi connectivity index (χ1v) is 10.1. The Morgan fingerprint density at radius 2 is 1.83 bits per heavy atom. The van der Waals surface area contributed by atoms with E-state index in [2.05, 4.69) is 25.9 Å². The van der Waals surface area contributed by atoms with Gasteiger partial charge in [-0.25, -0.2) is 0 Å². The van der Waals surface area contributed by atoms with E-state index >= 15 is 0 Å². The number of aryl methyl sites for hydroxylation is 2. The second-order valence-electron chi connectivity index (χ2n) is 7.23. The average molecular weight is 475 g/mol. The van der Waals surface area contributed by atoms with Crippen LogP contribution in [0.25, 0.3) is 10.9 Å². The summed E-state index contributed by atoms with van der Waals surface area (Å²) in [6.07, 6.45) is 0.420. The number of benzene rings is 2. The van der Waals surface area contributed by atoms with Crippen molar-refractivity contribution in [2.75, 3.05) is 14.2 Å². The Bertz CT molecular complexity index is 1150. The molecule has 1 heterocycles. The molecule has 158 valence electrons.